The third-order valence-electron chi connectivity index (χ3n) is 4.92. The summed E-state index contributed by atoms with van der Waals surface area (Å²) in [7, 11) is 0. The van der Waals surface area contributed by atoms with E-state index in [-0.39, 0.29) is 0 Å². The summed E-state index contributed by atoms with van der Waals surface area (Å²) in [5.41, 5.74) is 10.6. The van der Waals surface area contributed by atoms with E-state index >= 15 is 0 Å². The third-order valence-corrected chi connectivity index (χ3v) is 5.28. The Bertz CT molecular complexity index is 1140. The lowest BCUT2D eigenvalue weighted by Gasteiger charge is -2.10. The van der Waals surface area contributed by atoms with Gasteiger partial charge in [-0.15, -0.1) is 0 Å². The van der Waals surface area contributed by atoms with Crippen LogP contribution in [0.1, 0.15) is 28.4 Å². The van der Waals surface area contributed by atoms with Gasteiger partial charge in [-0.2, -0.15) is 0 Å². The van der Waals surface area contributed by atoms with Gasteiger partial charge in [-0.05, 0) is 41.8 Å². The summed E-state index contributed by atoms with van der Waals surface area (Å²) in [6.07, 6.45) is 0.951. The maximum atomic E-state index is 12.0. The van der Waals surface area contributed by atoms with Crippen LogP contribution in [-0.2, 0) is 13.0 Å². The molecule has 0 unspecified atom stereocenters. The molecule has 0 aliphatic rings. The Morgan fingerprint density at radius 2 is 1.85 bits per heavy atom. The van der Waals surface area contributed by atoms with Crippen LogP contribution < -0.4 is 5.73 Å². The van der Waals surface area contributed by atoms with Gasteiger partial charge in [0.25, 0.3) is 0 Å². The number of primary amides is 1. The topological polar surface area (TPSA) is 48.0 Å². The number of halogens is 1. The average Bonchev–Trinajstić information content (AvgIpc) is 2.96. The van der Waals surface area contributed by atoms with Gasteiger partial charge < -0.3 is 10.3 Å². The van der Waals surface area contributed by atoms with E-state index in [1.807, 2.05) is 36.4 Å². The van der Waals surface area contributed by atoms with Crippen LogP contribution in [0.15, 0.2) is 60.7 Å². The fraction of sp³-hybridized carbons (Fsp3) is 0.136. The molecule has 3 nitrogen and oxygen atoms in total. The number of hydrogen-bond acceptors (Lipinski definition) is 1. The highest BCUT2D eigenvalue weighted by Crippen LogP contribution is 2.33. The summed E-state index contributed by atoms with van der Waals surface area (Å²) < 4.78 is 2.22. The van der Waals surface area contributed by atoms with Crippen molar-refractivity contribution >= 4 is 39.3 Å². The quantitative estimate of drug-likeness (QED) is 0.535. The Labute approximate surface area is 157 Å². The summed E-state index contributed by atoms with van der Waals surface area (Å²) in [6.45, 7) is 2.77. The number of nitrogens with two attached hydrogens (primary N) is 1. The summed E-state index contributed by atoms with van der Waals surface area (Å²) >= 11 is 6.40. The molecule has 0 aliphatic carbocycles. The lowest BCUT2D eigenvalue weighted by atomic mass is 10.0. The molecular weight excluding hydrogens is 344 g/mol. The van der Waals surface area contributed by atoms with E-state index in [4.69, 9.17) is 17.3 Å². The van der Waals surface area contributed by atoms with Crippen LogP contribution in [0.5, 0.6) is 0 Å². The summed E-state index contributed by atoms with van der Waals surface area (Å²) in [5, 5.41) is 2.68. The number of amides is 1. The monoisotopic (exact) mass is 362 g/mol. The highest BCUT2D eigenvalue weighted by Gasteiger charge is 2.17. The van der Waals surface area contributed by atoms with Gasteiger partial charge in [-0.25, -0.2) is 0 Å². The Balaban J connectivity index is 2.07. The number of aromatic nitrogens is 1. The number of hydrogen-bond donors (Lipinski definition) is 1. The van der Waals surface area contributed by atoms with Crippen molar-refractivity contribution in [1.29, 1.82) is 0 Å². The summed E-state index contributed by atoms with van der Waals surface area (Å²) in [6, 6.07) is 19.9. The van der Waals surface area contributed by atoms with Crippen LogP contribution in [0.3, 0.4) is 0 Å². The fourth-order valence-corrected chi connectivity index (χ4v) is 3.78. The van der Waals surface area contributed by atoms with Crippen molar-refractivity contribution in [2.45, 2.75) is 19.9 Å². The molecule has 0 radical (unpaired) electrons. The van der Waals surface area contributed by atoms with E-state index in [0.29, 0.717) is 12.1 Å². The van der Waals surface area contributed by atoms with Gasteiger partial charge in [0, 0.05) is 33.4 Å². The molecule has 0 aliphatic heterocycles. The van der Waals surface area contributed by atoms with E-state index in [9.17, 15) is 4.79 Å². The minimum Gasteiger partial charge on any atom is -0.366 e. The molecule has 130 valence electrons. The van der Waals surface area contributed by atoms with Crippen LogP contribution >= 0.6 is 11.6 Å². The molecule has 4 aromatic rings. The SMILES string of the molecule is CCc1ccc2c3c(C(N)=O)cccc3n(Cc3ccccc3Cl)c2c1. The first-order valence-electron chi connectivity index (χ1n) is 8.67. The van der Waals surface area contributed by atoms with Gasteiger partial charge >= 0.3 is 0 Å². The summed E-state index contributed by atoms with van der Waals surface area (Å²) in [5.74, 6) is -0.410. The molecule has 1 heterocycles. The highest BCUT2D eigenvalue weighted by molar-refractivity contribution is 6.31. The van der Waals surface area contributed by atoms with Crippen molar-refractivity contribution in [3.8, 4) is 0 Å². The maximum Gasteiger partial charge on any atom is 0.249 e. The Morgan fingerprint density at radius 1 is 1.04 bits per heavy atom. The van der Waals surface area contributed by atoms with Gasteiger partial charge in [-0.1, -0.05) is 54.9 Å². The first-order chi connectivity index (χ1) is 12.6. The molecule has 0 saturated carbocycles. The van der Waals surface area contributed by atoms with Crippen LogP contribution in [0, 0.1) is 0 Å². The first-order valence-corrected chi connectivity index (χ1v) is 9.05. The van der Waals surface area contributed by atoms with Gasteiger partial charge in [0.05, 0.1) is 5.52 Å². The number of benzene rings is 3. The van der Waals surface area contributed by atoms with E-state index in [1.54, 1.807) is 6.07 Å². The zero-order chi connectivity index (χ0) is 18.3. The predicted molar refractivity (Wildman–Crippen MR) is 108 cm³/mol. The van der Waals surface area contributed by atoms with E-state index in [0.717, 1.165) is 38.8 Å². The zero-order valence-electron chi connectivity index (χ0n) is 14.5. The van der Waals surface area contributed by atoms with E-state index in [2.05, 4.69) is 29.7 Å². The Kier molecular flexibility index (Phi) is 4.17. The van der Waals surface area contributed by atoms with Crippen molar-refractivity contribution in [3.05, 3.63) is 82.4 Å². The highest BCUT2D eigenvalue weighted by atomic mass is 35.5. The van der Waals surface area contributed by atoms with Crippen molar-refractivity contribution in [1.82, 2.24) is 4.57 Å². The molecule has 0 saturated heterocycles. The van der Waals surface area contributed by atoms with E-state index < -0.39 is 5.91 Å². The zero-order valence-corrected chi connectivity index (χ0v) is 15.3. The van der Waals surface area contributed by atoms with Gasteiger partial charge in [0.2, 0.25) is 5.91 Å². The molecule has 1 aromatic heterocycles. The third kappa shape index (κ3) is 2.65. The lowest BCUT2D eigenvalue weighted by molar-refractivity contribution is 0.100. The normalized spacial score (nSPS) is 11.3. The maximum absolute atomic E-state index is 12.0. The molecule has 4 heteroatoms. The van der Waals surface area contributed by atoms with Crippen molar-refractivity contribution < 1.29 is 4.79 Å². The molecule has 3 aromatic carbocycles. The number of aryl methyl sites for hydroxylation is 1. The van der Waals surface area contributed by atoms with Crippen molar-refractivity contribution in [2.24, 2.45) is 5.73 Å². The number of rotatable bonds is 4. The summed E-state index contributed by atoms with van der Waals surface area (Å²) in [4.78, 5) is 12.0. The molecule has 4 rings (SSSR count). The van der Waals surface area contributed by atoms with Gasteiger partial charge in [-0.3, -0.25) is 4.79 Å². The van der Waals surface area contributed by atoms with Crippen molar-refractivity contribution in [3.63, 3.8) is 0 Å². The minimum atomic E-state index is -0.410. The van der Waals surface area contributed by atoms with Gasteiger partial charge in [0.1, 0.15) is 0 Å². The molecule has 0 bridgehead atoms. The smallest absolute Gasteiger partial charge is 0.249 e. The average molecular weight is 363 g/mol. The number of nitrogens with zero attached hydrogens (tertiary/aromatic N) is 1. The molecule has 0 fully saturated rings. The molecule has 26 heavy (non-hydrogen) atoms. The predicted octanol–water partition coefficient (Wildman–Crippen LogP) is 5.16. The van der Waals surface area contributed by atoms with Crippen LogP contribution in [0.2, 0.25) is 5.02 Å². The Hall–Kier alpha value is -2.78. The molecular formula is C22H19ClN2O. The second-order valence-corrected chi connectivity index (χ2v) is 6.85. The largest absolute Gasteiger partial charge is 0.366 e. The Morgan fingerprint density at radius 3 is 2.58 bits per heavy atom. The second-order valence-electron chi connectivity index (χ2n) is 6.45. The second kappa shape index (κ2) is 6.50. The first kappa shape index (κ1) is 16.7. The minimum absolute atomic E-state index is 0.410. The van der Waals surface area contributed by atoms with Gasteiger partial charge in [0.15, 0.2) is 0 Å². The number of carbonyl (C=O) groups is 1. The van der Waals surface area contributed by atoms with Crippen LogP contribution in [-0.4, -0.2) is 10.5 Å². The van der Waals surface area contributed by atoms with Crippen molar-refractivity contribution in [2.75, 3.05) is 0 Å². The standard InChI is InChI=1S/C22H19ClN2O/c1-2-14-10-11-16-20(12-14)25(13-15-6-3-4-8-18(15)23)19-9-5-7-17(21(16)19)22(24)26/h3-12H,2,13H2,1H3,(H2,24,26). The molecule has 1 amide bonds. The lowest BCUT2D eigenvalue weighted by Crippen LogP contribution is -2.11. The fourth-order valence-electron chi connectivity index (χ4n) is 3.58. The van der Waals surface area contributed by atoms with Crippen LogP contribution in [0.25, 0.3) is 21.8 Å². The molecule has 0 spiro atoms. The number of fused-ring (bicyclic) bond motifs is 3. The number of carbonyl (C=O) groups excluding carboxylic acids is 1. The molecule has 0 atom stereocenters. The van der Waals surface area contributed by atoms with E-state index in [1.165, 1.54) is 5.56 Å². The molecule has 2 N–H and O–H groups in total. The van der Waals surface area contributed by atoms with Crippen LogP contribution in [0.4, 0.5) is 0 Å².